The molecule has 0 saturated heterocycles. The van der Waals surface area contributed by atoms with E-state index in [0.29, 0.717) is 18.7 Å². The van der Waals surface area contributed by atoms with E-state index >= 15 is 0 Å². The highest BCUT2D eigenvalue weighted by Gasteiger charge is 2.17. The first-order valence-electron chi connectivity index (χ1n) is 5.65. The predicted molar refractivity (Wildman–Crippen MR) is 67.8 cm³/mol. The van der Waals surface area contributed by atoms with E-state index in [0.717, 1.165) is 5.56 Å². The molecule has 0 aliphatic carbocycles. The number of ether oxygens (including phenoxy) is 1. The van der Waals surface area contributed by atoms with Gasteiger partial charge in [-0.3, -0.25) is 4.79 Å². The van der Waals surface area contributed by atoms with E-state index < -0.39 is 0 Å². The molecule has 0 bridgehead atoms. The van der Waals surface area contributed by atoms with Gasteiger partial charge in [0.05, 0.1) is 12.6 Å². The van der Waals surface area contributed by atoms with Crippen LogP contribution in [0, 0.1) is 0 Å². The fourth-order valence-electron chi connectivity index (χ4n) is 1.59. The van der Waals surface area contributed by atoms with Crippen LogP contribution in [0.3, 0.4) is 0 Å². The van der Waals surface area contributed by atoms with Crippen molar-refractivity contribution in [2.75, 3.05) is 20.8 Å². The summed E-state index contributed by atoms with van der Waals surface area (Å²) in [5, 5.41) is 0. The lowest BCUT2D eigenvalue weighted by atomic mass is 10.1. The van der Waals surface area contributed by atoms with E-state index in [2.05, 4.69) is 0 Å². The van der Waals surface area contributed by atoms with Gasteiger partial charge in [0.15, 0.2) is 0 Å². The van der Waals surface area contributed by atoms with Crippen LogP contribution in [0.4, 0.5) is 0 Å². The molecule has 0 fully saturated rings. The lowest BCUT2D eigenvalue weighted by Gasteiger charge is -2.24. The summed E-state index contributed by atoms with van der Waals surface area (Å²) in [7, 11) is 3.41. The largest absolute Gasteiger partial charge is 0.383 e. The second-order valence-corrected chi connectivity index (χ2v) is 4.12. The summed E-state index contributed by atoms with van der Waals surface area (Å²) in [6.07, 6.45) is 0. The smallest absolute Gasteiger partial charge is 0.253 e. The molecule has 0 aliphatic heterocycles. The minimum Gasteiger partial charge on any atom is -0.383 e. The van der Waals surface area contributed by atoms with Crippen LogP contribution >= 0.6 is 0 Å². The van der Waals surface area contributed by atoms with Crippen LogP contribution in [-0.2, 0) is 11.3 Å². The van der Waals surface area contributed by atoms with E-state index in [1.54, 1.807) is 25.1 Å². The SMILES string of the molecule is COCC(C)N(C)C(=O)c1cccc(CN)c1. The van der Waals surface area contributed by atoms with Gasteiger partial charge in [0.25, 0.3) is 5.91 Å². The lowest BCUT2D eigenvalue weighted by molar-refractivity contribution is 0.0633. The Balaban J connectivity index is 2.80. The molecule has 0 aliphatic rings. The number of likely N-dealkylation sites (N-methyl/N-ethyl adjacent to an activating group) is 1. The van der Waals surface area contributed by atoms with E-state index in [-0.39, 0.29) is 11.9 Å². The van der Waals surface area contributed by atoms with Crippen LogP contribution in [0.5, 0.6) is 0 Å². The van der Waals surface area contributed by atoms with Crippen molar-refractivity contribution in [1.82, 2.24) is 4.90 Å². The maximum atomic E-state index is 12.2. The van der Waals surface area contributed by atoms with E-state index in [1.165, 1.54) is 0 Å². The van der Waals surface area contributed by atoms with Crippen molar-refractivity contribution in [2.24, 2.45) is 5.73 Å². The second-order valence-electron chi connectivity index (χ2n) is 4.12. The summed E-state index contributed by atoms with van der Waals surface area (Å²) in [4.78, 5) is 13.8. The summed E-state index contributed by atoms with van der Waals surface area (Å²) >= 11 is 0. The average molecular weight is 236 g/mol. The van der Waals surface area contributed by atoms with Crippen LogP contribution in [0.1, 0.15) is 22.8 Å². The van der Waals surface area contributed by atoms with Crippen molar-refractivity contribution in [3.63, 3.8) is 0 Å². The normalized spacial score (nSPS) is 12.2. The fraction of sp³-hybridized carbons (Fsp3) is 0.462. The van der Waals surface area contributed by atoms with Crippen LogP contribution in [0.15, 0.2) is 24.3 Å². The first-order chi connectivity index (χ1) is 8.10. The van der Waals surface area contributed by atoms with Crippen LogP contribution in [0.2, 0.25) is 0 Å². The van der Waals surface area contributed by atoms with E-state index in [4.69, 9.17) is 10.5 Å². The van der Waals surface area contributed by atoms with Gasteiger partial charge in [0, 0.05) is 26.3 Å². The molecule has 1 aromatic carbocycles. The number of carbonyl (C=O) groups is 1. The number of methoxy groups -OCH3 is 1. The highest BCUT2D eigenvalue weighted by molar-refractivity contribution is 5.94. The molecule has 1 atom stereocenters. The number of benzene rings is 1. The molecule has 1 amide bonds. The zero-order valence-corrected chi connectivity index (χ0v) is 10.6. The predicted octanol–water partition coefficient (Wildman–Crippen LogP) is 1.25. The third-order valence-corrected chi connectivity index (χ3v) is 2.80. The highest BCUT2D eigenvalue weighted by Crippen LogP contribution is 2.09. The van der Waals surface area contributed by atoms with Gasteiger partial charge < -0.3 is 15.4 Å². The molecule has 0 aromatic heterocycles. The van der Waals surface area contributed by atoms with Crippen molar-refractivity contribution in [2.45, 2.75) is 19.5 Å². The zero-order chi connectivity index (χ0) is 12.8. The first-order valence-corrected chi connectivity index (χ1v) is 5.65. The van der Waals surface area contributed by atoms with Gasteiger partial charge in [0.1, 0.15) is 0 Å². The monoisotopic (exact) mass is 236 g/mol. The molecule has 1 aromatic rings. The van der Waals surface area contributed by atoms with Gasteiger partial charge in [-0.1, -0.05) is 12.1 Å². The number of rotatable bonds is 5. The molecular formula is C13H20N2O2. The number of amides is 1. The van der Waals surface area contributed by atoms with Crippen molar-refractivity contribution < 1.29 is 9.53 Å². The fourth-order valence-corrected chi connectivity index (χ4v) is 1.59. The topological polar surface area (TPSA) is 55.6 Å². The Labute approximate surface area is 102 Å². The Morgan fingerprint density at radius 1 is 1.53 bits per heavy atom. The molecule has 1 rings (SSSR count). The summed E-state index contributed by atoms with van der Waals surface area (Å²) in [6, 6.07) is 7.45. The van der Waals surface area contributed by atoms with E-state index in [9.17, 15) is 4.79 Å². The maximum Gasteiger partial charge on any atom is 0.253 e. The summed E-state index contributed by atoms with van der Waals surface area (Å²) in [5.74, 6) is -0.00940. The Hall–Kier alpha value is -1.39. The Bertz CT molecular complexity index is 379. The molecule has 2 N–H and O–H groups in total. The Kier molecular flexibility index (Phi) is 5.12. The first kappa shape index (κ1) is 13.7. The zero-order valence-electron chi connectivity index (χ0n) is 10.6. The van der Waals surface area contributed by atoms with Gasteiger partial charge in [0.2, 0.25) is 0 Å². The van der Waals surface area contributed by atoms with Crippen LogP contribution in [0.25, 0.3) is 0 Å². The van der Waals surface area contributed by atoms with Crippen LogP contribution in [-0.4, -0.2) is 37.6 Å². The molecule has 17 heavy (non-hydrogen) atoms. The maximum absolute atomic E-state index is 12.2. The average Bonchev–Trinajstić information content (AvgIpc) is 2.37. The van der Waals surface area contributed by atoms with Gasteiger partial charge >= 0.3 is 0 Å². The molecule has 0 saturated carbocycles. The molecule has 0 heterocycles. The molecule has 1 unspecified atom stereocenters. The van der Waals surface area contributed by atoms with Crippen molar-refractivity contribution in [1.29, 1.82) is 0 Å². The van der Waals surface area contributed by atoms with Crippen LogP contribution < -0.4 is 5.73 Å². The Morgan fingerprint density at radius 3 is 2.82 bits per heavy atom. The quantitative estimate of drug-likeness (QED) is 0.837. The van der Waals surface area contributed by atoms with Crippen molar-refractivity contribution in [3.05, 3.63) is 35.4 Å². The van der Waals surface area contributed by atoms with Gasteiger partial charge in [-0.15, -0.1) is 0 Å². The number of hydrogen-bond acceptors (Lipinski definition) is 3. The highest BCUT2D eigenvalue weighted by atomic mass is 16.5. The standard InChI is InChI=1S/C13H20N2O2/c1-10(9-17-3)15(2)13(16)12-6-4-5-11(7-12)8-14/h4-7,10H,8-9,14H2,1-3H3. The van der Waals surface area contributed by atoms with Crippen molar-refractivity contribution in [3.8, 4) is 0 Å². The van der Waals surface area contributed by atoms with Gasteiger partial charge in [-0.25, -0.2) is 0 Å². The number of nitrogens with two attached hydrogens (primary N) is 1. The van der Waals surface area contributed by atoms with Gasteiger partial charge in [-0.05, 0) is 24.6 Å². The minimum atomic E-state index is -0.00940. The third-order valence-electron chi connectivity index (χ3n) is 2.80. The lowest BCUT2D eigenvalue weighted by Crippen LogP contribution is -2.37. The molecule has 4 nitrogen and oxygen atoms in total. The second kappa shape index (κ2) is 6.37. The molecule has 94 valence electrons. The summed E-state index contributed by atoms with van der Waals surface area (Å²) in [5.41, 5.74) is 7.18. The molecule has 4 heteroatoms. The Morgan fingerprint density at radius 2 is 2.24 bits per heavy atom. The molecular weight excluding hydrogens is 216 g/mol. The minimum absolute atomic E-state index is 0.00940. The number of hydrogen-bond donors (Lipinski definition) is 1. The number of carbonyl (C=O) groups excluding carboxylic acids is 1. The van der Waals surface area contributed by atoms with Crippen molar-refractivity contribution >= 4 is 5.91 Å². The van der Waals surface area contributed by atoms with E-state index in [1.807, 2.05) is 25.1 Å². The van der Waals surface area contributed by atoms with Gasteiger partial charge in [-0.2, -0.15) is 0 Å². The summed E-state index contributed by atoms with van der Waals surface area (Å²) in [6.45, 7) is 2.92. The molecule has 0 radical (unpaired) electrons. The third kappa shape index (κ3) is 3.54. The molecule has 0 spiro atoms. The number of nitrogens with zero attached hydrogens (tertiary/aromatic N) is 1. The summed E-state index contributed by atoms with van der Waals surface area (Å²) < 4.78 is 5.04.